The Bertz CT molecular complexity index is 972. The van der Waals surface area contributed by atoms with Gasteiger partial charge in [-0.1, -0.05) is 6.07 Å². The second-order valence-corrected chi connectivity index (χ2v) is 8.65. The van der Waals surface area contributed by atoms with E-state index in [-0.39, 0.29) is 18.9 Å². The normalized spacial score (nSPS) is 33.2. The van der Waals surface area contributed by atoms with Crippen molar-refractivity contribution in [3.05, 3.63) is 35.1 Å². The number of esters is 1. The number of likely N-dealkylation sites (N-methyl/N-ethyl adjacent to an activating group) is 1. The van der Waals surface area contributed by atoms with E-state index in [1.54, 1.807) is 13.2 Å². The van der Waals surface area contributed by atoms with Crippen LogP contribution in [0.2, 0.25) is 0 Å². The van der Waals surface area contributed by atoms with Crippen molar-refractivity contribution in [2.24, 2.45) is 0 Å². The molecule has 1 aromatic rings. The van der Waals surface area contributed by atoms with E-state index in [1.807, 2.05) is 19.2 Å². The Morgan fingerprint density at radius 2 is 2.13 bits per heavy atom. The van der Waals surface area contributed by atoms with Crippen LogP contribution in [-0.2, 0) is 26.2 Å². The van der Waals surface area contributed by atoms with E-state index in [4.69, 9.17) is 19.3 Å². The van der Waals surface area contributed by atoms with Crippen molar-refractivity contribution in [3.8, 4) is 11.5 Å². The Hall–Kier alpha value is -2.58. The number of nitrogens with zero attached hydrogens (tertiary/aromatic N) is 1. The molecule has 8 nitrogen and oxygen atoms in total. The minimum absolute atomic E-state index is 0.0790. The molecule has 1 spiro atoms. The van der Waals surface area contributed by atoms with Crippen LogP contribution >= 0.6 is 0 Å². The summed E-state index contributed by atoms with van der Waals surface area (Å²) in [5.74, 6) is -0.117. The number of piperidine rings is 1. The SMILES string of the molecule is COc1ccc2c3c1O[C@@H]1C(OC(=O)CCC(=O)O)=CC[C@]4(O)[C@H](C2)N(C)CC[C@@]314. The molecular weight excluding hydrogens is 390 g/mol. The Balaban J connectivity index is 1.61. The number of carbonyl (C=O) groups is 2. The van der Waals surface area contributed by atoms with Crippen LogP contribution in [-0.4, -0.2) is 65.5 Å². The molecule has 0 saturated carbocycles. The molecule has 1 saturated heterocycles. The largest absolute Gasteiger partial charge is 0.493 e. The average molecular weight is 415 g/mol. The fourth-order valence-corrected chi connectivity index (χ4v) is 5.98. The number of likely N-dealkylation sites (tertiary alicyclic amines) is 1. The van der Waals surface area contributed by atoms with Gasteiger partial charge in [-0.15, -0.1) is 0 Å². The van der Waals surface area contributed by atoms with Gasteiger partial charge in [0.15, 0.2) is 17.6 Å². The van der Waals surface area contributed by atoms with Gasteiger partial charge in [0.25, 0.3) is 0 Å². The van der Waals surface area contributed by atoms with Gasteiger partial charge in [-0.05, 0) is 44.1 Å². The first-order valence-electron chi connectivity index (χ1n) is 10.2. The van der Waals surface area contributed by atoms with Crippen LogP contribution in [0, 0.1) is 0 Å². The standard InChI is InChI=1S/C22H25NO7/c1-23-10-9-21-18-12-3-4-13(28-2)19(18)30-20(21)14(29-17(26)6-5-16(24)25)7-8-22(21,27)15(23)11-12/h3-4,7,15,20,27H,5-6,8-11H2,1-2H3,(H,24,25)/t15-,20+,21+,22-/m0/s1. The number of aliphatic carboxylic acids is 1. The molecule has 2 bridgehead atoms. The van der Waals surface area contributed by atoms with E-state index in [1.165, 1.54) is 0 Å². The lowest BCUT2D eigenvalue weighted by atomic mass is 9.50. The van der Waals surface area contributed by atoms with E-state index >= 15 is 0 Å². The first-order chi connectivity index (χ1) is 14.3. The summed E-state index contributed by atoms with van der Waals surface area (Å²) in [6.45, 7) is 0.781. The van der Waals surface area contributed by atoms with Gasteiger partial charge >= 0.3 is 11.9 Å². The summed E-state index contributed by atoms with van der Waals surface area (Å²) in [5.41, 5.74) is 0.282. The third kappa shape index (κ3) is 2.34. The van der Waals surface area contributed by atoms with Crippen molar-refractivity contribution >= 4 is 11.9 Å². The number of carbonyl (C=O) groups excluding carboxylic acids is 1. The number of ether oxygens (including phenoxy) is 3. The lowest BCUT2D eigenvalue weighted by Crippen LogP contribution is -2.74. The summed E-state index contributed by atoms with van der Waals surface area (Å²) in [6, 6.07) is 3.84. The predicted octanol–water partition coefficient (Wildman–Crippen LogP) is 1.38. The van der Waals surface area contributed by atoms with Crippen LogP contribution in [0.1, 0.15) is 36.8 Å². The molecule has 2 aliphatic heterocycles. The molecular formula is C22H25NO7. The maximum absolute atomic E-state index is 12.3. The van der Waals surface area contributed by atoms with Crippen LogP contribution in [0.4, 0.5) is 0 Å². The van der Waals surface area contributed by atoms with Crippen LogP contribution in [0.25, 0.3) is 0 Å². The fourth-order valence-electron chi connectivity index (χ4n) is 5.98. The van der Waals surface area contributed by atoms with Crippen LogP contribution in [0.15, 0.2) is 24.0 Å². The maximum Gasteiger partial charge on any atom is 0.311 e. The molecule has 1 fully saturated rings. The van der Waals surface area contributed by atoms with Gasteiger partial charge in [0, 0.05) is 18.0 Å². The van der Waals surface area contributed by atoms with E-state index in [0.717, 1.165) is 17.7 Å². The molecule has 8 heteroatoms. The molecule has 5 rings (SSSR count). The molecule has 0 unspecified atom stereocenters. The van der Waals surface area contributed by atoms with Crippen molar-refractivity contribution in [2.45, 2.75) is 55.3 Å². The zero-order chi connectivity index (χ0) is 21.3. The Labute approximate surface area is 174 Å². The maximum atomic E-state index is 12.3. The first kappa shape index (κ1) is 19.4. The quantitative estimate of drug-likeness (QED) is 0.695. The Morgan fingerprint density at radius 3 is 2.87 bits per heavy atom. The lowest BCUT2D eigenvalue weighted by molar-refractivity contribution is -0.169. The van der Waals surface area contributed by atoms with Crippen LogP contribution in [0.5, 0.6) is 11.5 Å². The average Bonchev–Trinajstić information content (AvgIpc) is 3.06. The smallest absolute Gasteiger partial charge is 0.311 e. The highest BCUT2D eigenvalue weighted by Crippen LogP contribution is 2.65. The molecule has 2 N–H and O–H groups in total. The van der Waals surface area contributed by atoms with E-state index < -0.39 is 29.1 Å². The molecule has 1 aromatic carbocycles. The third-order valence-corrected chi connectivity index (χ3v) is 7.33. The van der Waals surface area contributed by atoms with Crippen molar-refractivity contribution < 1.29 is 34.0 Å². The van der Waals surface area contributed by atoms with Crippen molar-refractivity contribution in [2.75, 3.05) is 20.7 Å². The Kier molecular flexibility index (Phi) is 4.17. The van der Waals surface area contributed by atoms with Crippen molar-refractivity contribution in [1.29, 1.82) is 0 Å². The van der Waals surface area contributed by atoms with Gasteiger partial charge in [0.05, 0.1) is 31.0 Å². The summed E-state index contributed by atoms with van der Waals surface area (Å²) < 4.78 is 17.5. The summed E-state index contributed by atoms with van der Waals surface area (Å²) in [4.78, 5) is 25.3. The summed E-state index contributed by atoms with van der Waals surface area (Å²) >= 11 is 0. The highest BCUT2D eigenvalue weighted by molar-refractivity contribution is 5.77. The van der Waals surface area contributed by atoms with Gasteiger partial charge in [0.2, 0.25) is 0 Å². The van der Waals surface area contributed by atoms with E-state index in [9.17, 15) is 14.7 Å². The number of hydrogen-bond acceptors (Lipinski definition) is 7. The van der Waals surface area contributed by atoms with Crippen molar-refractivity contribution in [3.63, 3.8) is 0 Å². The minimum Gasteiger partial charge on any atom is -0.493 e. The zero-order valence-electron chi connectivity index (χ0n) is 17.0. The fraction of sp³-hybridized carbons (Fsp3) is 0.545. The molecule has 2 heterocycles. The van der Waals surface area contributed by atoms with Crippen LogP contribution < -0.4 is 9.47 Å². The third-order valence-electron chi connectivity index (χ3n) is 7.33. The first-order valence-corrected chi connectivity index (χ1v) is 10.2. The molecule has 160 valence electrons. The van der Waals surface area contributed by atoms with Gasteiger partial charge < -0.3 is 29.3 Å². The molecule has 0 radical (unpaired) electrons. The number of hydrogen-bond donors (Lipinski definition) is 2. The van der Waals surface area contributed by atoms with Gasteiger partial charge in [-0.3, -0.25) is 9.59 Å². The summed E-state index contributed by atoms with van der Waals surface area (Å²) in [5, 5.41) is 20.9. The highest BCUT2D eigenvalue weighted by atomic mass is 16.6. The molecule has 4 aliphatic rings. The molecule has 4 atom stereocenters. The number of carboxylic acid groups (broad SMARTS) is 1. The summed E-state index contributed by atoms with van der Waals surface area (Å²) in [7, 11) is 3.61. The minimum atomic E-state index is -1.06. The van der Waals surface area contributed by atoms with E-state index in [2.05, 4.69) is 4.90 Å². The number of rotatable bonds is 5. The Morgan fingerprint density at radius 1 is 1.33 bits per heavy atom. The number of methoxy groups -OCH3 is 1. The molecule has 30 heavy (non-hydrogen) atoms. The van der Waals surface area contributed by atoms with Gasteiger partial charge in [-0.25, -0.2) is 0 Å². The number of aliphatic hydroxyl groups is 1. The van der Waals surface area contributed by atoms with E-state index in [0.29, 0.717) is 36.5 Å². The number of benzene rings is 1. The molecule has 2 aliphatic carbocycles. The second-order valence-electron chi connectivity index (χ2n) is 8.65. The predicted molar refractivity (Wildman–Crippen MR) is 104 cm³/mol. The highest BCUT2D eigenvalue weighted by Gasteiger charge is 2.72. The van der Waals surface area contributed by atoms with Gasteiger partial charge in [-0.2, -0.15) is 0 Å². The molecule has 0 amide bonds. The zero-order valence-corrected chi connectivity index (χ0v) is 17.0. The summed E-state index contributed by atoms with van der Waals surface area (Å²) in [6.07, 6.45) is 2.25. The monoisotopic (exact) mass is 415 g/mol. The molecule has 0 aromatic heterocycles. The second kappa shape index (κ2) is 6.46. The van der Waals surface area contributed by atoms with Crippen LogP contribution in [0.3, 0.4) is 0 Å². The lowest BCUT2D eigenvalue weighted by Gasteiger charge is -2.61. The van der Waals surface area contributed by atoms with Gasteiger partial charge in [0.1, 0.15) is 5.76 Å². The topological polar surface area (TPSA) is 106 Å². The van der Waals surface area contributed by atoms with Crippen molar-refractivity contribution in [1.82, 2.24) is 4.90 Å². The number of carboxylic acids is 1.